The maximum absolute atomic E-state index is 11.3. The summed E-state index contributed by atoms with van der Waals surface area (Å²) in [4.78, 5) is 19.6. The van der Waals surface area contributed by atoms with Crippen molar-refractivity contribution < 1.29 is 9.53 Å². The third-order valence-corrected chi connectivity index (χ3v) is 3.74. The lowest BCUT2D eigenvalue weighted by atomic mass is 9.88. The van der Waals surface area contributed by atoms with E-state index in [0.717, 1.165) is 19.3 Å². The van der Waals surface area contributed by atoms with Crippen molar-refractivity contribution in [3.63, 3.8) is 0 Å². The summed E-state index contributed by atoms with van der Waals surface area (Å²) >= 11 is 0. The average Bonchev–Trinajstić information content (AvgIpc) is 2.55. The standard InChI is InChI=1S/C16H17N3O2/c1-21-16(20)14-9-18-15(10-17-14)19-13-8-4-6-11-5-2-3-7-12(11)13/h2-3,5,7,9-10,13H,4,6,8H2,1H3,(H,18,19). The van der Waals surface area contributed by atoms with Gasteiger partial charge >= 0.3 is 5.97 Å². The van der Waals surface area contributed by atoms with Crippen molar-refractivity contribution in [3.05, 3.63) is 53.5 Å². The van der Waals surface area contributed by atoms with Crippen molar-refractivity contribution in [2.45, 2.75) is 25.3 Å². The van der Waals surface area contributed by atoms with Gasteiger partial charge in [-0.3, -0.25) is 0 Å². The number of methoxy groups -OCH3 is 1. The highest BCUT2D eigenvalue weighted by Gasteiger charge is 2.20. The van der Waals surface area contributed by atoms with Gasteiger partial charge in [0.2, 0.25) is 0 Å². The Morgan fingerprint density at radius 3 is 2.90 bits per heavy atom. The molecule has 0 amide bonds. The van der Waals surface area contributed by atoms with Gasteiger partial charge in [0.15, 0.2) is 5.69 Å². The number of hydrogen-bond donors (Lipinski definition) is 1. The first kappa shape index (κ1) is 13.5. The highest BCUT2D eigenvalue weighted by molar-refractivity contribution is 5.86. The first-order valence-electron chi connectivity index (χ1n) is 7.02. The molecule has 3 rings (SSSR count). The van der Waals surface area contributed by atoms with Crippen molar-refractivity contribution in [1.82, 2.24) is 9.97 Å². The molecule has 0 aliphatic heterocycles. The van der Waals surface area contributed by atoms with E-state index in [0.29, 0.717) is 5.82 Å². The van der Waals surface area contributed by atoms with Gasteiger partial charge in [0.05, 0.1) is 25.5 Å². The number of ether oxygens (including phenoxy) is 1. The van der Waals surface area contributed by atoms with Crippen molar-refractivity contribution >= 4 is 11.8 Å². The van der Waals surface area contributed by atoms with Crippen LogP contribution in [0.2, 0.25) is 0 Å². The molecular weight excluding hydrogens is 266 g/mol. The molecule has 0 spiro atoms. The third kappa shape index (κ3) is 2.86. The summed E-state index contributed by atoms with van der Waals surface area (Å²) in [5, 5.41) is 3.40. The van der Waals surface area contributed by atoms with E-state index in [1.54, 1.807) is 6.20 Å². The first-order valence-corrected chi connectivity index (χ1v) is 7.02. The number of anilines is 1. The lowest BCUT2D eigenvalue weighted by Gasteiger charge is -2.26. The van der Waals surface area contributed by atoms with Crippen LogP contribution in [0.15, 0.2) is 36.7 Å². The Morgan fingerprint density at radius 2 is 2.14 bits per heavy atom. The van der Waals surface area contributed by atoms with Crippen molar-refractivity contribution in [1.29, 1.82) is 0 Å². The van der Waals surface area contributed by atoms with Crippen LogP contribution in [0, 0.1) is 0 Å². The maximum Gasteiger partial charge on any atom is 0.358 e. The summed E-state index contributed by atoms with van der Waals surface area (Å²) in [5.41, 5.74) is 2.93. The Morgan fingerprint density at radius 1 is 1.29 bits per heavy atom. The van der Waals surface area contributed by atoms with E-state index in [2.05, 4.69) is 44.3 Å². The van der Waals surface area contributed by atoms with Crippen LogP contribution in [0.4, 0.5) is 5.82 Å². The maximum atomic E-state index is 11.3. The van der Waals surface area contributed by atoms with E-state index < -0.39 is 5.97 Å². The number of nitrogens with zero attached hydrogens (tertiary/aromatic N) is 2. The van der Waals surface area contributed by atoms with Crippen LogP contribution in [0.3, 0.4) is 0 Å². The highest BCUT2D eigenvalue weighted by Crippen LogP contribution is 2.31. The second kappa shape index (κ2) is 5.91. The molecule has 1 N–H and O–H groups in total. The first-order chi connectivity index (χ1) is 10.3. The van der Waals surface area contributed by atoms with Crippen LogP contribution in [-0.2, 0) is 11.2 Å². The van der Waals surface area contributed by atoms with Crippen LogP contribution in [0.25, 0.3) is 0 Å². The van der Waals surface area contributed by atoms with E-state index >= 15 is 0 Å². The number of rotatable bonds is 3. The minimum Gasteiger partial charge on any atom is -0.464 e. The fourth-order valence-corrected chi connectivity index (χ4v) is 2.69. The van der Waals surface area contributed by atoms with Crippen molar-refractivity contribution in [2.24, 2.45) is 0 Å². The molecular formula is C16H17N3O2. The van der Waals surface area contributed by atoms with Crippen LogP contribution in [-0.4, -0.2) is 23.0 Å². The van der Waals surface area contributed by atoms with E-state index in [1.165, 1.54) is 24.4 Å². The third-order valence-electron chi connectivity index (χ3n) is 3.74. The Labute approximate surface area is 123 Å². The van der Waals surface area contributed by atoms with Crippen LogP contribution < -0.4 is 5.32 Å². The lowest BCUT2D eigenvalue weighted by molar-refractivity contribution is 0.0593. The zero-order valence-corrected chi connectivity index (χ0v) is 11.9. The predicted octanol–water partition coefficient (Wildman–Crippen LogP) is 2.75. The quantitative estimate of drug-likeness (QED) is 0.877. The summed E-state index contributed by atoms with van der Waals surface area (Å²) in [5.74, 6) is 0.196. The summed E-state index contributed by atoms with van der Waals surface area (Å²) < 4.78 is 4.61. The van der Waals surface area contributed by atoms with Gasteiger partial charge < -0.3 is 10.1 Å². The molecule has 0 saturated carbocycles. The minimum absolute atomic E-state index is 0.215. The number of carbonyl (C=O) groups is 1. The molecule has 1 aliphatic rings. The normalized spacial score (nSPS) is 16.9. The number of aromatic nitrogens is 2. The molecule has 0 saturated heterocycles. The smallest absolute Gasteiger partial charge is 0.358 e. The number of aryl methyl sites for hydroxylation is 1. The summed E-state index contributed by atoms with van der Waals surface area (Å²) in [7, 11) is 1.33. The van der Waals surface area contributed by atoms with E-state index in [1.807, 2.05) is 0 Å². The highest BCUT2D eigenvalue weighted by atomic mass is 16.5. The Hall–Kier alpha value is -2.43. The van der Waals surface area contributed by atoms with Crippen LogP contribution in [0.5, 0.6) is 0 Å². The largest absolute Gasteiger partial charge is 0.464 e. The Kier molecular flexibility index (Phi) is 3.81. The summed E-state index contributed by atoms with van der Waals surface area (Å²) in [6.45, 7) is 0. The zero-order valence-electron chi connectivity index (χ0n) is 11.9. The molecule has 1 aromatic carbocycles. The molecule has 1 atom stereocenters. The second-order valence-electron chi connectivity index (χ2n) is 5.07. The number of hydrogen-bond acceptors (Lipinski definition) is 5. The number of nitrogens with one attached hydrogen (secondary N) is 1. The second-order valence-corrected chi connectivity index (χ2v) is 5.07. The van der Waals surface area contributed by atoms with Gasteiger partial charge in [0.1, 0.15) is 5.82 Å². The molecule has 1 unspecified atom stereocenters. The number of esters is 1. The Bertz CT molecular complexity index is 640. The van der Waals surface area contributed by atoms with Gasteiger partial charge in [-0.15, -0.1) is 0 Å². The number of carbonyl (C=O) groups excluding carboxylic acids is 1. The summed E-state index contributed by atoms with van der Waals surface area (Å²) in [6.07, 6.45) is 6.35. The number of benzene rings is 1. The van der Waals surface area contributed by atoms with Gasteiger partial charge in [-0.05, 0) is 30.4 Å². The predicted molar refractivity (Wildman–Crippen MR) is 79.1 cm³/mol. The molecule has 0 bridgehead atoms. The van der Waals surface area contributed by atoms with Crippen molar-refractivity contribution in [2.75, 3.05) is 12.4 Å². The van der Waals surface area contributed by atoms with Gasteiger partial charge in [0, 0.05) is 0 Å². The molecule has 1 heterocycles. The van der Waals surface area contributed by atoms with Gasteiger partial charge in [-0.2, -0.15) is 0 Å². The average molecular weight is 283 g/mol. The Balaban J connectivity index is 1.77. The van der Waals surface area contributed by atoms with Crippen LogP contribution in [0.1, 0.15) is 40.5 Å². The zero-order chi connectivity index (χ0) is 14.7. The number of fused-ring (bicyclic) bond motifs is 1. The fraction of sp³-hybridized carbons (Fsp3) is 0.312. The molecule has 108 valence electrons. The molecule has 2 aromatic rings. The van der Waals surface area contributed by atoms with Crippen LogP contribution >= 0.6 is 0 Å². The molecule has 1 aromatic heterocycles. The van der Waals surface area contributed by atoms with E-state index in [9.17, 15) is 4.79 Å². The molecule has 5 nitrogen and oxygen atoms in total. The monoisotopic (exact) mass is 283 g/mol. The topological polar surface area (TPSA) is 64.1 Å². The SMILES string of the molecule is COC(=O)c1cnc(NC2CCCc3ccccc32)cn1. The molecule has 0 fully saturated rings. The van der Waals surface area contributed by atoms with Gasteiger partial charge in [-0.1, -0.05) is 24.3 Å². The minimum atomic E-state index is -0.475. The molecule has 21 heavy (non-hydrogen) atoms. The van der Waals surface area contributed by atoms with Crippen molar-refractivity contribution in [3.8, 4) is 0 Å². The van der Waals surface area contributed by atoms with Gasteiger partial charge in [0.25, 0.3) is 0 Å². The fourth-order valence-electron chi connectivity index (χ4n) is 2.69. The van der Waals surface area contributed by atoms with Gasteiger partial charge in [-0.25, -0.2) is 14.8 Å². The summed E-state index contributed by atoms with van der Waals surface area (Å²) in [6, 6.07) is 8.71. The lowest BCUT2D eigenvalue weighted by Crippen LogP contribution is -2.18. The van der Waals surface area contributed by atoms with E-state index in [-0.39, 0.29) is 11.7 Å². The molecule has 1 aliphatic carbocycles. The van der Waals surface area contributed by atoms with E-state index in [4.69, 9.17) is 0 Å². The molecule has 5 heteroatoms. The molecule has 0 radical (unpaired) electrons.